The molecule has 1 saturated carbocycles. The topological polar surface area (TPSA) is 53.7 Å². The maximum absolute atomic E-state index is 6.07. The molecular weight excluding hydrogens is 254 g/mol. The zero-order valence-corrected chi connectivity index (χ0v) is 12.1. The number of ether oxygens (including phenoxy) is 3. The van der Waals surface area contributed by atoms with Crippen LogP contribution in [0.1, 0.15) is 31.2 Å². The van der Waals surface area contributed by atoms with E-state index in [0.29, 0.717) is 19.8 Å². The van der Waals surface area contributed by atoms with Crippen LogP contribution < -0.4 is 15.2 Å². The average molecular weight is 277 g/mol. The molecule has 3 rings (SSSR count). The van der Waals surface area contributed by atoms with Crippen LogP contribution in [0.15, 0.2) is 18.2 Å². The third-order valence-corrected chi connectivity index (χ3v) is 4.63. The SMILES string of the molecule is COc1ccc(C2(CN)CCCC2)cc1OC1COC1. The smallest absolute Gasteiger partial charge is 0.162 e. The van der Waals surface area contributed by atoms with E-state index in [0.717, 1.165) is 11.5 Å². The molecule has 1 aliphatic heterocycles. The first-order valence-electron chi connectivity index (χ1n) is 7.40. The molecule has 2 fully saturated rings. The first-order chi connectivity index (χ1) is 9.77. The summed E-state index contributed by atoms with van der Waals surface area (Å²) in [5, 5.41) is 0. The lowest BCUT2D eigenvalue weighted by molar-refractivity contribution is -0.0803. The largest absolute Gasteiger partial charge is 0.493 e. The standard InChI is InChI=1S/C16H23NO3/c1-18-14-5-4-12(16(11-17)6-2-3-7-16)8-15(14)20-13-9-19-10-13/h4-5,8,13H,2-3,6-7,9-11,17H2,1H3. The van der Waals surface area contributed by atoms with E-state index in [1.165, 1.54) is 31.2 Å². The van der Waals surface area contributed by atoms with E-state index in [2.05, 4.69) is 12.1 Å². The van der Waals surface area contributed by atoms with Crippen molar-refractivity contribution in [3.63, 3.8) is 0 Å². The molecular formula is C16H23NO3. The number of hydrogen-bond donors (Lipinski definition) is 1. The van der Waals surface area contributed by atoms with Gasteiger partial charge in [0.15, 0.2) is 11.5 Å². The van der Waals surface area contributed by atoms with Crippen molar-refractivity contribution in [3.8, 4) is 11.5 Å². The Morgan fingerprint density at radius 2 is 2.00 bits per heavy atom. The second-order valence-corrected chi connectivity index (χ2v) is 5.83. The summed E-state index contributed by atoms with van der Waals surface area (Å²) in [4.78, 5) is 0. The van der Waals surface area contributed by atoms with Crippen molar-refractivity contribution in [3.05, 3.63) is 23.8 Å². The van der Waals surface area contributed by atoms with Gasteiger partial charge in [-0.05, 0) is 30.5 Å². The Morgan fingerprint density at radius 1 is 1.25 bits per heavy atom. The predicted molar refractivity (Wildman–Crippen MR) is 77.4 cm³/mol. The summed E-state index contributed by atoms with van der Waals surface area (Å²) in [6, 6.07) is 6.26. The summed E-state index contributed by atoms with van der Waals surface area (Å²) < 4.78 is 16.5. The first-order valence-corrected chi connectivity index (χ1v) is 7.40. The van der Waals surface area contributed by atoms with Gasteiger partial charge in [-0.25, -0.2) is 0 Å². The summed E-state index contributed by atoms with van der Waals surface area (Å²) in [6.07, 6.45) is 5.01. The third-order valence-electron chi connectivity index (χ3n) is 4.63. The van der Waals surface area contributed by atoms with Gasteiger partial charge in [0.05, 0.1) is 20.3 Å². The zero-order valence-electron chi connectivity index (χ0n) is 12.1. The predicted octanol–water partition coefficient (Wildman–Crippen LogP) is 2.24. The molecule has 4 nitrogen and oxygen atoms in total. The zero-order chi connectivity index (χ0) is 14.0. The van der Waals surface area contributed by atoms with Crippen LogP contribution in [-0.4, -0.2) is 33.0 Å². The number of hydrogen-bond acceptors (Lipinski definition) is 4. The van der Waals surface area contributed by atoms with Crippen LogP contribution in [-0.2, 0) is 10.2 Å². The van der Waals surface area contributed by atoms with E-state index < -0.39 is 0 Å². The second kappa shape index (κ2) is 5.62. The van der Waals surface area contributed by atoms with Crippen molar-refractivity contribution in [2.24, 2.45) is 5.73 Å². The molecule has 20 heavy (non-hydrogen) atoms. The molecule has 1 heterocycles. The monoisotopic (exact) mass is 277 g/mol. The number of nitrogens with two attached hydrogens (primary N) is 1. The Labute approximate surface area is 120 Å². The van der Waals surface area contributed by atoms with Gasteiger partial charge < -0.3 is 19.9 Å². The quantitative estimate of drug-likeness (QED) is 0.897. The van der Waals surface area contributed by atoms with Crippen LogP contribution in [0.5, 0.6) is 11.5 Å². The lowest BCUT2D eigenvalue weighted by Gasteiger charge is -2.31. The first kappa shape index (κ1) is 13.7. The van der Waals surface area contributed by atoms with Gasteiger partial charge in [-0.15, -0.1) is 0 Å². The highest BCUT2D eigenvalue weighted by molar-refractivity contribution is 5.46. The van der Waals surface area contributed by atoms with Gasteiger partial charge in [-0.3, -0.25) is 0 Å². The third kappa shape index (κ3) is 2.38. The molecule has 0 spiro atoms. The van der Waals surface area contributed by atoms with Gasteiger partial charge >= 0.3 is 0 Å². The molecule has 1 saturated heterocycles. The normalized spacial score (nSPS) is 21.5. The molecule has 0 radical (unpaired) electrons. The van der Waals surface area contributed by atoms with Gasteiger partial charge in [0.1, 0.15) is 6.10 Å². The van der Waals surface area contributed by atoms with Crippen molar-refractivity contribution in [2.75, 3.05) is 26.9 Å². The Morgan fingerprint density at radius 3 is 2.55 bits per heavy atom. The molecule has 0 amide bonds. The van der Waals surface area contributed by atoms with Crippen molar-refractivity contribution in [1.82, 2.24) is 0 Å². The lowest BCUT2D eigenvalue weighted by atomic mass is 9.79. The number of methoxy groups -OCH3 is 1. The van der Waals surface area contributed by atoms with E-state index in [9.17, 15) is 0 Å². The average Bonchev–Trinajstić information content (AvgIpc) is 2.92. The Hall–Kier alpha value is -1.26. The Bertz CT molecular complexity index is 465. The number of benzene rings is 1. The minimum atomic E-state index is 0.125. The van der Waals surface area contributed by atoms with Crippen molar-refractivity contribution in [2.45, 2.75) is 37.2 Å². The lowest BCUT2D eigenvalue weighted by Crippen LogP contribution is -2.38. The molecule has 0 bridgehead atoms. The van der Waals surface area contributed by atoms with E-state index >= 15 is 0 Å². The Kier molecular flexibility index (Phi) is 3.85. The summed E-state index contributed by atoms with van der Waals surface area (Å²) >= 11 is 0. The van der Waals surface area contributed by atoms with Crippen molar-refractivity contribution in [1.29, 1.82) is 0 Å². The summed E-state index contributed by atoms with van der Waals surface area (Å²) in [7, 11) is 1.67. The van der Waals surface area contributed by atoms with E-state index in [-0.39, 0.29) is 11.5 Å². The highest BCUT2D eigenvalue weighted by Gasteiger charge is 2.35. The van der Waals surface area contributed by atoms with Gasteiger partial charge in [0.2, 0.25) is 0 Å². The van der Waals surface area contributed by atoms with E-state index in [4.69, 9.17) is 19.9 Å². The molecule has 2 N–H and O–H groups in total. The van der Waals surface area contributed by atoms with Gasteiger partial charge in [-0.2, -0.15) is 0 Å². The van der Waals surface area contributed by atoms with Gasteiger partial charge in [0, 0.05) is 12.0 Å². The van der Waals surface area contributed by atoms with Crippen LogP contribution >= 0.6 is 0 Å². The van der Waals surface area contributed by atoms with E-state index in [1.54, 1.807) is 7.11 Å². The second-order valence-electron chi connectivity index (χ2n) is 5.83. The molecule has 1 aliphatic carbocycles. The molecule has 0 atom stereocenters. The number of rotatable bonds is 5. The van der Waals surface area contributed by atoms with Crippen LogP contribution in [0, 0.1) is 0 Å². The molecule has 4 heteroatoms. The molecule has 1 aromatic carbocycles. The summed E-state index contributed by atoms with van der Waals surface area (Å²) in [5.41, 5.74) is 7.48. The fraction of sp³-hybridized carbons (Fsp3) is 0.625. The molecule has 0 aromatic heterocycles. The highest BCUT2D eigenvalue weighted by atomic mass is 16.6. The van der Waals surface area contributed by atoms with Crippen LogP contribution in [0.25, 0.3) is 0 Å². The molecule has 1 aromatic rings. The van der Waals surface area contributed by atoms with Gasteiger partial charge in [-0.1, -0.05) is 18.9 Å². The molecule has 2 aliphatic rings. The maximum atomic E-state index is 6.07. The van der Waals surface area contributed by atoms with Crippen molar-refractivity contribution >= 4 is 0 Å². The van der Waals surface area contributed by atoms with Crippen LogP contribution in [0.4, 0.5) is 0 Å². The maximum Gasteiger partial charge on any atom is 0.162 e. The van der Waals surface area contributed by atoms with Crippen LogP contribution in [0.2, 0.25) is 0 Å². The van der Waals surface area contributed by atoms with Crippen LogP contribution in [0.3, 0.4) is 0 Å². The minimum absolute atomic E-state index is 0.125. The fourth-order valence-corrected chi connectivity index (χ4v) is 3.22. The van der Waals surface area contributed by atoms with Crippen molar-refractivity contribution < 1.29 is 14.2 Å². The van der Waals surface area contributed by atoms with E-state index in [1.807, 2.05) is 6.07 Å². The Balaban J connectivity index is 1.89. The fourth-order valence-electron chi connectivity index (χ4n) is 3.22. The summed E-state index contributed by atoms with van der Waals surface area (Å²) in [6.45, 7) is 2.02. The summed E-state index contributed by atoms with van der Waals surface area (Å²) in [5.74, 6) is 1.60. The minimum Gasteiger partial charge on any atom is -0.493 e. The molecule has 110 valence electrons. The molecule has 0 unspecified atom stereocenters. The highest BCUT2D eigenvalue weighted by Crippen LogP contribution is 2.43. The van der Waals surface area contributed by atoms with Gasteiger partial charge in [0.25, 0.3) is 0 Å².